The smallest absolute Gasteiger partial charge is 0.213 e. The van der Waals surface area contributed by atoms with E-state index in [1.165, 1.54) is 12.8 Å². The van der Waals surface area contributed by atoms with Crippen molar-refractivity contribution >= 4 is 7.28 Å². The van der Waals surface area contributed by atoms with Crippen LogP contribution < -0.4 is 0 Å². The molecule has 3 fully saturated rings. The SMILES string of the molecule is C[C@H]1[C@H]([B]C#N)C[C@@H]2C[C@H]1C2(C)C. The number of nitriles is 1. The van der Waals surface area contributed by atoms with E-state index in [1.54, 1.807) is 0 Å². The Kier molecular flexibility index (Phi) is 1.94. The fraction of sp³-hybridized carbons (Fsp3) is 0.909. The van der Waals surface area contributed by atoms with Crippen molar-refractivity contribution in [2.75, 3.05) is 0 Å². The van der Waals surface area contributed by atoms with Crippen LogP contribution in [0, 0.1) is 34.4 Å². The van der Waals surface area contributed by atoms with Gasteiger partial charge in [-0.3, -0.25) is 0 Å². The fourth-order valence-corrected chi connectivity index (χ4v) is 3.51. The molecule has 0 saturated heterocycles. The first kappa shape index (κ1) is 9.12. The Morgan fingerprint density at radius 2 is 2.08 bits per heavy atom. The van der Waals surface area contributed by atoms with Gasteiger partial charge in [-0.2, -0.15) is 0 Å². The van der Waals surface area contributed by atoms with Crippen LogP contribution >= 0.6 is 0 Å². The second kappa shape index (κ2) is 2.77. The second-order valence-electron chi connectivity index (χ2n) is 5.41. The largest absolute Gasteiger partial charge is 0.258 e. The molecule has 3 aliphatic rings. The van der Waals surface area contributed by atoms with E-state index >= 15 is 0 Å². The summed E-state index contributed by atoms with van der Waals surface area (Å²) in [6, 6.07) is 0. The van der Waals surface area contributed by atoms with Crippen molar-refractivity contribution in [1.29, 1.82) is 5.26 Å². The zero-order valence-electron chi connectivity index (χ0n) is 8.75. The van der Waals surface area contributed by atoms with Gasteiger partial charge in [0.1, 0.15) is 0 Å². The molecule has 0 aromatic heterocycles. The molecule has 69 valence electrons. The minimum Gasteiger partial charge on any atom is -0.213 e. The van der Waals surface area contributed by atoms with Gasteiger partial charge in [0.05, 0.1) is 0 Å². The molecule has 0 aromatic carbocycles. The fourth-order valence-electron chi connectivity index (χ4n) is 3.51. The highest BCUT2D eigenvalue weighted by Gasteiger charge is 2.55. The Morgan fingerprint density at radius 1 is 1.38 bits per heavy atom. The molecule has 1 nitrogen and oxygen atoms in total. The molecule has 0 N–H and O–H groups in total. The monoisotopic (exact) mass is 174 g/mol. The Morgan fingerprint density at radius 3 is 2.54 bits per heavy atom. The number of fused-ring (bicyclic) bond motifs is 2. The van der Waals surface area contributed by atoms with Gasteiger partial charge in [-0.1, -0.05) is 27.2 Å². The molecular formula is C11H17BN. The van der Waals surface area contributed by atoms with Gasteiger partial charge in [0.2, 0.25) is 0 Å². The lowest BCUT2D eigenvalue weighted by Gasteiger charge is -2.62. The average molecular weight is 174 g/mol. The molecule has 3 rings (SSSR count). The Balaban J connectivity index is 2.08. The lowest BCUT2D eigenvalue weighted by atomic mass is 9.38. The van der Waals surface area contributed by atoms with Crippen molar-refractivity contribution in [1.82, 2.24) is 0 Å². The molecule has 4 atom stereocenters. The summed E-state index contributed by atoms with van der Waals surface area (Å²) in [4.78, 5) is 0. The molecule has 2 heteroatoms. The van der Waals surface area contributed by atoms with Crippen molar-refractivity contribution < 1.29 is 0 Å². The van der Waals surface area contributed by atoms with E-state index in [0.29, 0.717) is 11.2 Å². The quantitative estimate of drug-likeness (QED) is 0.560. The number of nitrogens with zero attached hydrogens (tertiary/aromatic N) is 1. The van der Waals surface area contributed by atoms with Gasteiger partial charge in [0, 0.05) is 0 Å². The minimum atomic E-state index is 0.555. The highest BCUT2D eigenvalue weighted by Crippen LogP contribution is 2.64. The first-order valence-electron chi connectivity index (χ1n) is 5.30. The van der Waals surface area contributed by atoms with Gasteiger partial charge >= 0.3 is 0 Å². The van der Waals surface area contributed by atoms with Gasteiger partial charge in [-0.05, 0) is 41.4 Å². The highest BCUT2D eigenvalue weighted by atomic mass is 14.6. The molecular weight excluding hydrogens is 157 g/mol. The molecule has 3 saturated carbocycles. The third-order valence-electron chi connectivity index (χ3n) is 4.70. The molecule has 0 heterocycles. The van der Waals surface area contributed by atoms with Gasteiger partial charge < -0.3 is 0 Å². The van der Waals surface area contributed by atoms with Crippen LogP contribution in [0.2, 0.25) is 5.82 Å². The average Bonchev–Trinajstić information content (AvgIpc) is 2.08. The maximum Gasteiger partial charge on any atom is 0.258 e. The van der Waals surface area contributed by atoms with Crippen molar-refractivity contribution in [3.63, 3.8) is 0 Å². The Bertz CT molecular complexity index is 253. The van der Waals surface area contributed by atoms with Crippen molar-refractivity contribution in [2.45, 2.75) is 39.4 Å². The lowest BCUT2D eigenvalue weighted by molar-refractivity contribution is -0.0983. The van der Waals surface area contributed by atoms with Crippen LogP contribution in [-0.4, -0.2) is 7.28 Å². The van der Waals surface area contributed by atoms with Crippen LogP contribution in [0.25, 0.3) is 0 Å². The van der Waals surface area contributed by atoms with Gasteiger partial charge in [-0.25, -0.2) is 5.26 Å². The van der Waals surface area contributed by atoms with Crippen molar-refractivity contribution in [3.05, 3.63) is 0 Å². The molecule has 0 aromatic rings. The van der Waals surface area contributed by atoms with Gasteiger partial charge in [0.15, 0.2) is 0 Å². The molecule has 1 radical (unpaired) electrons. The predicted molar refractivity (Wildman–Crippen MR) is 54.3 cm³/mol. The normalized spacial score (nSPS) is 46.0. The maximum absolute atomic E-state index is 8.66. The predicted octanol–water partition coefficient (Wildman–Crippen LogP) is 2.66. The van der Waals surface area contributed by atoms with E-state index in [9.17, 15) is 0 Å². The highest BCUT2D eigenvalue weighted by molar-refractivity contribution is 6.47. The summed E-state index contributed by atoms with van der Waals surface area (Å²) in [5, 5.41) is 8.66. The molecule has 0 spiro atoms. The minimum absolute atomic E-state index is 0.555. The number of rotatable bonds is 1. The summed E-state index contributed by atoms with van der Waals surface area (Å²) >= 11 is 0. The molecule has 0 aliphatic heterocycles. The standard InChI is InChI=1S/C11H17BN/c1-7-9-4-8(11(9,2)3)5-10(7)12-6-13/h7-10H,4-5H2,1-3H3/t7-,8+,9-,10-/m1/s1. The van der Waals surface area contributed by atoms with E-state index < -0.39 is 0 Å². The Labute approximate surface area is 81.8 Å². The van der Waals surface area contributed by atoms with Gasteiger partial charge in [-0.15, -0.1) is 0 Å². The first-order valence-corrected chi connectivity index (χ1v) is 5.30. The van der Waals surface area contributed by atoms with Crippen LogP contribution in [0.1, 0.15) is 33.6 Å². The van der Waals surface area contributed by atoms with Crippen LogP contribution in [0.3, 0.4) is 0 Å². The summed E-state index contributed by atoms with van der Waals surface area (Å²) in [5.74, 6) is 5.24. The van der Waals surface area contributed by atoms with Crippen LogP contribution in [0.5, 0.6) is 0 Å². The number of hydrogen-bond acceptors (Lipinski definition) is 1. The van der Waals surface area contributed by atoms with E-state index in [2.05, 4.69) is 26.7 Å². The molecule has 3 aliphatic carbocycles. The maximum atomic E-state index is 8.66. The molecule has 0 unspecified atom stereocenters. The molecule has 0 amide bonds. The van der Waals surface area contributed by atoms with Crippen LogP contribution in [-0.2, 0) is 0 Å². The summed E-state index contributed by atoms with van der Waals surface area (Å²) < 4.78 is 0. The van der Waals surface area contributed by atoms with Crippen LogP contribution in [0.4, 0.5) is 0 Å². The van der Waals surface area contributed by atoms with E-state index in [0.717, 1.165) is 17.8 Å². The van der Waals surface area contributed by atoms with Gasteiger partial charge in [0.25, 0.3) is 7.28 Å². The summed E-state index contributed by atoms with van der Waals surface area (Å²) in [7, 11) is 1.86. The number of hydrogen-bond donors (Lipinski definition) is 0. The van der Waals surface area contributed by atoms with Crippen LogP contribution in [0.15, 0.2) is 0 Å². The van der Waals surface area contributed by atoms with Crippen molar-refractivity contribution in [3.8, 4) is 5.97 Å². The lowest BCUT2D eigenvalue weighted by Crippen LogP contribution is -2.54. The Hall–Kier alpha value is -0.445. The zero-order valence-corrected chi connectivity index (χ0v) is 8.75. The summed E-state index contributed by atoms with van der Waals surface area (Å²) in [6.07, 6.45) is 2.65. The van der Waals surface area contributed by atoms with E-state index in [-0.39, 0.29) is 0 Å². The third-order valence-corrected chi connectivity index (χ3v) is 4.70. The molecule has 2 bridgehead atoms. The second-order valence-corrected chi connectivity index (χ2v) is 5.41. The van der Waals surface area contributed by atoms with Crippen molar-refractivity contribution in [2.24, 2.45) is 23.2 Å². The summed E-state index contributed by atoms with van der Waals surface area (Å²) in [5.41, 5.74) is 0.555. The van der Waals surface area contributed by atoms with E-state index in [1.807, 2.05) is 7.28 Å². The topological polar surface area (TPSA) is 23.8 Å². The third kappa shape index (κ3) is 1.13. The molecule has 13 heavy (non-hydrogen) atoms. The zero-order chi connectivity index (χ0) is 9.64. The summed E-state index contributed by atoms with van der Waals surface area (Å²) in [6.45, 7) is 7.11. The first-order chi connectivity index (χ1) is 6.07. The van der Waals surface area contributed by atoms with E-state index in [4.69, 9.17) is 5.26 Å².